The Morgan fingerprint density at radius 2 is 1.70 bits per heavy atom. The molecule has 3 amide bonds. The second kappa shape index (κ2) is 7.61. The van der Waals surface area contributed by atoms with Crippen LogP contribution in [0.3, 0.4) is 0 Å². The van der Waals surface area contributed by atoms with Crippen LogP contribution in [0, 0.1) is 6.92 Å². The van der Waals surface area contributed by atoms with Crippen LogP contribution in [0.1, 0.15) is 38.3 Å². The quantitative estimate of drug-likeness (QED) is 0.737. The van der Waals surface area contributed by atoms with Crippen LogP contribution < -0.4 is 4.74 Å². The van der Waals surface area contributed by atoms with E-state index in [1.165, 1.54) is 0 Å². The molecule has 0 atom stereocenters. The zero-order chi connectivity index (χ0) is 19.6. The van der Waals surface area contributed by atoms with Crippen LogP contribution in [-0.4, -0.2) is 48.2 Å². The molecule has 0 N–H and O–H groups in total. The van der Waals surface area contributed by atoms with Crippen molar-refractivity contribution in [2.45, 2.75) is 19.9 Å². The number of benzene rings is 2. The van der Waals surface area contributed by atoms with E-state index in [9.17, 15) is 14.4 Å². The minimum Gasteiger partial charge on any atom is -0.496 e. The first-order valence-corrected chi connectivity index (χ1v) is 8.75. The molecule has 1 aliphatic heterocycles. The molecule has 0 aromatic heterocycles. The van der Waals surface area contributed by atoms with Crippen LogP contribution in [0.5, 0.6) is 5.75 Å². The van der Waals surface area contributed by atoms with Gasteiger partial charge in [0.05, 0.1) is 18.2 Å². The van der Waals surface area contributed by atoms with Crippen LogP contribution in [0.4, 0.5) is 0 Å². The number of ether oxygens (including phenoxy) is 1. The highest BCUT2D eigenvalue weighted by atomic mass is 16.5. The Balaban J connectivity index is 1.62. The smallest absolute Gasteiger partial charge is 0.261 e. The van der Waals surface area contributed by atoms with Crippen molar-refractivity contribution in [1.29, 1.82) is 0 Å². The zero-order valence-corrected chi connectivity index (χ0v) is 15.7. The molecule has 6 heteroatoms. The molecular weight excluding hydrogens is 344 g/mol. The van der Waals surface area contributed by atoms with E-state index in [1.54, 1.807) is 43.3 Å². The van der Waals surface area contributed by atoms with Crippen molar-refractivity contribution >= 4 is 17.7 Å². The summed E-state index contributed by atoms with van der Waals surface area (Å²) in [6, 6.07) is 12.5. The van der Waals surface area contributed by atoms with Crippen molar-refractivity contribution < 1.29 is 19.1 Å². The van der Waals surface area contributed by atoms with E-state index >= 15 is 0 Å². The van der Waals surface area contributed by atoms with E-state index in [-0.39, 0.29) is 30.7 Å². The van der Waals surface area contributed by atoms with Gasteiger partial charge in [-0.1, -0.05) is 29.8 Å². The molecule has 0 fully saturated rings. The normalized spacial score (nSPS) is 12.9. The molecule has 0 saturated carbocycles. The summed E-state index contributed by atoms with van der Waals surface area (Å²) in [5, 5.41) is 0. The minimum absolute atomic E-state index is 0.0699. The number of imide groups is 1. The average molecular weight is 366 g/mol. The molecular formula is C21H22N2O4. The molecule has 140 valence electrons. The highest BCUT2D eigenvalue weighted by molar-refractivity contribution is 6.21. The summed E-state index contributed by atoms with van der Waals surface area (Å²) in [4.78, 5) is 40.0. The van der Waals surface area contributed by atoms with Gasteiger partial charge in [-0.15, -0.1) is 0 Å². The molecule has 0 spiro atoms. The molecule has 3 rings (SSSR count). The number of carbonyl (C=O) groups excluding carboxylic acids is 3. The fraction of sp³-hybridized carbons (Fsp3) is 0.286. The molecule has 0 saturated heterocycles. The van der Waals surface area contributed by atoms with E-state index in [0.29, 0.717) is 17.7 Å². The highest BCUT2D eigenvalue weighted by Gasteiger charge is 2.35. The van der Waals surface area contributed by atoms with Crippen LogP contribution in [0.15, 0.2) is 42.5 Å². The number of hydrogen-bond donors (Lipinski definition) is 0. The van der Waals surface area contributed by atoms with Gasteiger partial charge in [0.1, 0.15) is 5.75 Å². The van der Waals surface area contributed by atoms with Crippen molar-refractivity contribution in [2.24, 2.45) is 0 Å². The van der Waals surface area contributed by atoms with Crippen molar-refractivity contribution in [2.75, 3.05) is 20.7 Å². The first-order chi connectivity index (χ1) is 12.9. The van der Waals surface area contributed by atoms with Crippen LogP contribution in [-0.2, 0) is 11.3 Å². The summed E-state index contributed by atoms with van der Waals surface area (Å²) in [7, 11) is 3.30. The third-order valence-electron chi connectivity index (χ3n) is 4.70. The molecule has 0 unspecified atom stereocenters. The topological polar surface area (TPSA) is 66.9 Å². The van der Waals surface area contributed by atoms with Gasteiger partial charge in [0.25, 0.3) is 11.8 Å². The Morgan fingerprint density at radius 3 is 2.30 bits per heavy atom. The molecule has 2 aromatic rings. The fourth-order valence-corrected chi connectivity index (χ4v) is 3.22. The van der Waals surface area contributed by atoms with Gasteiger partial charge in [0, 0.05) is 32.1 Å². The van der Waals surface area contributed by atoms with Crippen molar-refractivity contribution in [3.05, 3.63) is 64.7 Å². The molecule has 0 radical (unpaired) electrons. The summed E-state index contributed by atoms with van der Waals surface area (Å²) < 4.78 is 5.35. The van der Waals surface area contributed by atoms with E-state index in [4.69, 9.17) is 4.74 Å². The van der Waals surface area contributed by atoms with Gasteiger partial charge in [-0.25, -0.2) is 0 Å². The Labute approximate surface area is 158 Å². The van der Waals surface area contributed by atoms with Gasteiger partial charge in [-0.05, 0) is 25.1 Å². The second-order valence-electron chi connectivity index (χ2n) is 6.62. The van der Waals surface area contributed by atoms with E-state index in [0.717, 1.165) is 21.8 Å². The summed E-state index contributed by atoms with van der Waals surface area (Å²) in [5.74, 6) is -0.103. The Bertz CT molecular complexity index is 872. The Hall–Kier alpha value is -3.15. The number of aryl methyl sites for hydroxylation is 1. The van der Waals surface area contributed by atoms with Crippen LogP contribution in [0.25, 0.3) is 0 Å². The Morgan fingerprint density at radius 1 is 1.07 bits per heavy atom. The molecule has 27 heavy (non-hydrogen) atoms. The summed E-state index contributed by atoms with van der Waals surface area (Å²) in [6.07, 6.45) is 0.0795. The monoisotopic (exact) mass is 366 g/mol. The van der Waals surface area contributed by atoms with Crippen molar-refractivity contribution in [1.82, 2.24) is 9.80 Å². The predicted octanol–water partition coefficient (Wildman–Crippen LogP) is 2.65. The third kappa shape index (κ3) is 3.69. The zero-order valence-electron chi connectivity index (χ0n) is 15.7. The standard InChI is InChI=1S/C21H22N2O4/c1-14-8-9-18(27-3)15(12-14)13-22(2)19(24)10-11-23-20(25)16-6-4-5-7-17(16)21(23)26/h4-9,12H,10-11,13H2,1-3H3. The lowest BCUT2D eigenvalue weighted by Gasteiger charge is -2.21. The predicted molar refractivity (Wildman–Crippen MR) is 101 cm³/mol. The molecule has 0 aliphatic carbocycles. The van der Waals surface area contributed by atoms with Gasteiger partial charge >= 0.3 is 0 Å². The Kier molecular flexibility index (Phi) is 5.26. The first kappa shape index (κ1) is 18.6. The van der Waals surface area contributed by atoms with Gasteiger partial charge < -0.3 is 9.64 Å². The number of amides is 3. The number of hydrogen-bond acceptors (Lipinski definition) is 4. The van der Waals surface area contributed by atoms with E-state index in [2.05, 4.69) is 0 Å². The summed E-state index contributed by atoms with van der Waals surface area (Å²) in [5.41, 5.74) is 2.78. The summed E-state index contributed by atoms with van der Waals surface area (Å²) >= 11 is 0. The van der Waals surface area contributed by atoms with Crippen LogP contribution in [0.2, 0.25) is 0 Å². The number of rotatable bonds is 6. The van der Waals surface area contributed by atoms with Crippen molar-refractivity contribution in [3.8, 4) is 5.75 Å². The second-order valence-corrected chi connectivity index (χ2v) is 6.62. The lowest BCUT2D eigenvalue weighted by Crippen LogP contribution is -2.35. The van der Waals surface area contributed by atoms with Gasteiger partial charge in [0.15, 0.2) is 0 Å². The molecule has 1 heterocycles. The van der Waals surface area contributed by atoms with E-state index in [1.807, 2.05) is 25.1 Å². The largest absolute Gasteiger partial charge is 0.496 e. The lowest BCUT2D eigenvalue weighted by atomic mass is 10.1. The first-order valence-electron chi connectivity index (χ1n) is 8.75. The van der Waals surface area contributed by atoms with E-state index < -0.39 is 0 Å². The van der Waals surface area contributed by atoms with Crippen LogP contribution >= 0.6 is 0 Å². The number of methoxy groups -OCH3 is 1. The number of nitrogens with zero attached hydrogens (tertiary/aromatic N) is 2. The highest BCUT2D eigenvalue weighted by Crippen LogP contribution is 2.23. The summed E-state index contributed by atoms with van der Waals surface area (Å²) in [6.45, 7) is 2.44. The molecule has 2 aromatic carbocycles. The van der Waals surface area contributed by atoms with Crippen molar-refractivity contribution in [3.63, 3.8) is 0 Å². The fourth-order valence-electron chi connectivity index (χ4n) is 3.22. The maximum Gasteiger partial charge on any atom is 0.261 e. The van der Waals surface area contributed by atoms with Gasteiger partial charge in [-0.2, -0.15) is 0 Å². The molecule has 6 nitrogen and oxygen atoms in total. The average Bonchev–Trinajstić information content (AvgIpc) is 2.91. The minimum atomic E-state index is -0.341. The maximum absolute atomic E-state index is 12.5. The SMILES string of the molecule is COc1ccc(C)cc1CN(C)C(=O)CCN1C(=O)c2ccccc2C1=O. The van der Waals surface area contributed by atoms with Gasteiger partial charge in [0.2, 0.25) is 5.91 Å². The maximum atomic E-state index is 12.5. The molecule has 1 aliphatic rings. The number of carbonyl (C=O) groups is 3. The lowest BCUT2D eigenvalue weighted by molar-refractivity contribution is -0.130. The van der Waals surface area contributed by atoms with Gasteiger partial charge in [-0.3, -0.25) is 19.3 Å². The number of fused-ring (bicyclic) bond motifs is 1. The molecule has 0 bridgehead atoms. The third-order valence-corrected chi connectivity index (χ3v) is 4.70.